The normalized spacial score (nSPS) is 10.4. The van der Waals surface area contributed by atoms with Crippen molar-refractivity contribution in [1.29, 1.82) is 0 Å². The van der Waals surface area contributed by atoms with Gasteiger partial charge in [-0.3, -0.25) is 0 Å². The third-order valence-corrected chi connectivity index (χ3v) is 2.00. The highest BCUT2D eigenvalue weighted by molar-refractivity contribution is 7.98. The minimum Gasteiger partial charge on any atom is -0.339 e. The quantitative estimate of drug-likeness (QED) is 0.681. The molecule has 0 N–H and O–H groups in total. The Bertz CT molecular complexity index is 216. The van der Waals surface area contributed by atoms with Gasteiger partial charge in [0.05, 0.1) is 5.88 Å². The molecule has 0 aliphatic carbocycles. The first kappa shape index (κ1) is 8.87. The Labute approximate surface area is 74.5 Å². The summed E-state index contributed by atoms with van der Waals surface area (Å²) in [4.78, 5) is 4.04. The zero-order chi connectivity index (χ0) is 8.10. The fourth-order valence-electron chi connectivity index (χ4n) is 0.635. The van der Waals surface area contributed by atoms with E-state index in [9.17, 15) is 0 Å². The molecule has 0 bridgehead atoms. The van der Waals surface area contributed by atoms with Gasteiger partial charge in [-0.2, -0.15) is 16.7 Å². The summed E-state index contributed by atoms with van der Waals surface area (Å²) in [7, 11) is 0. The van der Waals surface area contributed by atoms with E-state index < -0.39 is 0 Å². The van der Waals surface area contributed by atoms with Crippen molar-refractivity contribution in [3.8, 4) is 0 Å². The largest absolute Gasteiger partial charge is 0.339 e. The van der Waals surface area contributed by atoms with Crippen molar-refractivity contribution < 1.29 is 4.52 Å². The molecule has 0 saturated heterocycles. The molecule has 1 aromatic heterocycles. The van der Waals surface area contributed by atoms with Crippen LogP contribution in [-0.4, -0.2) is 22.1 Å². The van der Waals surface area contributed by atoms with Gasteiger partial charge in [-0.05, 0) is 6.26 Å². The van der Waals surface area contributed by atoms with Gasteiger partial charge in [-0.15, -0.1) is 11.6 Å². The second kappa shape index (κ2) is 4.62. The molecule has 0 saturated carbocycles. The predicted molar refractivity (Wildman–Crippen MR) is 45.9 cm³/mol. The number of hydrogen-bond donors (Lipinski definition) is 0. The van der Waals surface area contributed by atoms with E-state index in [2.05, 4.69) is 10.1 Å². The smallest absolute Gasteiger partial charge is 0.227 e. The number of thioether (sulfide) groups is 1. The van der Waals surface area contributed by atoms with Crippen LogP contribution in [0.3, 0.4) is 0 Å². The minimum absolute atomic E-state index is 0.322. The van der Waals surface area contributed by atoms with E-state index in [0.29, 0.717) is 17.6 Å². The molecule has 0 aromatic carbocycles. The lowest BCUT2D eigenvalue weighted by molar-refractivity contribution is 0.379. The van der Waals surface area contributed by atoms with Gasteiger partial charge >= 0.3 is 0 Å². The summed E-state index contributed by atoms with van der Waals surface area (Å²) in [5, 5.41) is 3.66. The molecule has 0 atom stereocenters. The van der Waals surface area contributed by atoms with Crippen LogP contribution >= 0.6 is 23.4 Å². The van der Waals surface area contributed by atoms with Crippen molar-refractivity contribution in [3.05, 3.63) is 11.7 Å². The average Bonchev–Trinajstić information content (AvgIpc) is 2.48. The molecule has 0 radical (unpaired) electrons. The Kier molecular flexibility index (Phi) is 3.72. The minimum atomic E-state index is 0.322. The SMILES string of the molecule is CSCCc1nc(CCl)no1. The molecule has 0 unspecified atom stereocenters. The van der Waals surface area contributed by atoms with Crippen molar-refractivity contribution in [2.24, 2.45) is 0 Å². The lowest BCUT2D eigenvalue weighted by Crippen LogP contribution is -1.88. The Morgan fingerprint density at radius 3 is 3.00 bits per heavy atom. The summed E-state index contributed by atoms with van der Waals surface area (Å²) in [5.74, 6) is 2.57. The zero-order valence-corrected chi connectivity index (χ0v) is 7.78. The van der Waals surface area contributed by atoms with Crippen LogP contribution in [-0.2, 0) is 12.3 Å². The lowest BCUT2D eigenvalue weighted by Gasteiger charge is -1.87. The number of alkyl halides is 1. The summed E-state index contributed by atoms with van der Waals surface area (Å²) >= 11 is 7.24. The van der Waals surface area contributed by atoms with Crippen LogP contribution in [0.25, 0.3) is 0 Å². The Balaban J connectivity index is 2.44. The van der Waals surface area contributed by atoms with Gasteiger partial charge in [0.25, 0.3) is 0 Å². The first-order valence-electron chi connectivity index (χ1n) is 3.23. The summed E-state index contributed by atoms with van der Waals surface area (Å²) in [6.07, 6.45) is 2.86. The molecule has 1 heterocycles. The highest BCUT2D eigenvalue weighted by atomic mass is 35.5. The summed E-state index contributed by atoms with van der Waals surface area (Å²) in [5.41, 5.74) is 0. The highest BCUT2D eigenvalue weighted by Crippen LogP contribution is 2.03. The summed E-state index contributed by atoms with van der Waals surface area (Å²) in [6.45, 7) is 0. The number of aryl methyl sites for hydroxylation is 1. The molecular weight excluding hydrogens is 184 g/mol. The third kappa shape index (κ3) is 2.71. The molecular formula is C6H9ClN2OS. The second-order valence-corrected chi connectivity index (χ2v) is 3.23. The van der Waals surface area contributed by atoms with Crippen molar-refractivity contribution in [3.63, 3.8) is 0 Å². The van der Waals surface area contributed by atoms with E-state index in [0.717, 1.165) is 12.2 Å². The van der Waals surface area contributed by atoms with E-state index >= 15 is 0 Å². The molecule has 0 amide bonds. The van der Waals surface area contributed by atoms with Crippen LogP contribution in [0.5, 0.6) is 0 Å². The van der Waals surface area contributed by atoms with Crippen molar-refractivity contribution in [2.45, 2.75) is 12.3 Å². The topological polar surface area (TPSA) is 38.9 Å². The fourth-order valence-corrected chi connectivity index (χ4v) is 1.12. The third-order valence-electron chi connectivity index (χ3n) is 1.15. The molecule has 0 aliphatic rings. The molecule has 11 heavy (non-hydrogen) atoms. The van der Waals surface area contributed by atoms with E-state index in [1.54, 1.807) is 11.8 Å². The van der Waals surface area contributed by atoms with Crippen molar-refractivity contribution >= 4 is 23.4 Å². The molecule has 62 valence electrons. The van der Waals surface area contributed by atoms with Gasteiger partial charge in [-0.25, -0.2) is 0 Å². The van der Waals surface area contributed by atoms with Crippen LogP contribution < -0.4 is 0 Å². The molecule has 0 aliphatic heterocycles. The lowest BCUT2D eigenvalue weighted by atomic mass is 10.5. The molecule has 1 rings (SSSR count). The molecule has 3 nitrogen and oxygen atoms in total. The van der Waals surface area contributed by atoms with Crippen molar-refractivity contribution in [1.82, 2.24) is 10.1 Å². The average molecular weight is 193 g/mol. The van der Waals surface area contributed by atoms with E-state index in [4.69, 9.17) is 16.1 Å². The maximum atomic E-state index is 5.48. The Morgan fingerprint density at radius 2 is 2.45 bits per heavy atom. The molecule has 1 aromatic rings. The van der Waals surface area contributed by atoms with Crippen molar-refractivity contribution in [2.75, 3.05) is 12.0 Å². The maximum Gasteiger partial charge on any atom is 0.227 e. The van der Waals surface area contributed by atoms with Gasteiger partial charge in [0.1, 0.15) is 0 Å². The van der Waals surface area contributed by atoms with Crippen LogP contribution in [0.2, 0.25) is 0 Å². The number of rotatable bonds is 4. The van der Waals surface area contributed by atoms with E-state index in [1.165, 1.54) is 0 Å². The van der Waals surface area contributed by atoms with Crippen LogP contribution in [0.4, 0.5) is 0 Å². The highest BCUT2D eigenvalue weighted by Gasteiger charge is 2.03. The Morgan fingerprint density at radius 1 is 1.64 bits per heavy atom. The molecule has 0 fully saturated rings. The van der Waals surface area contributed by atoms with E-state index in [-0.39, 0.29) is 0 Å². The first-order chi connectivity index (χ1) is 5.36. The van der Waals surface area contributed by atoms with Gasteiger partial charge in [0, 0.05) is 12.2 Å². The van der Waals surface area contributed by atoms with Crippen LogP contribution in [0.15, 0.2) is 4.52 Å². The number of hydrogen-bond acceptors (Lipinski definition) is 4. The second-order valence-electron chi connectivity index (χ2n) is 1.98. The fraction of sp³-hybridized carbons (Fsp3) is 0.667. The predicted octanol–water partition coefficient (Wildman–Crippen LogP) is 1.71. The van der Waals surface area contributed by atoms with Gasteiger partial charge in [0.15, 0.2) is 5.82 Å². The summed E-state index contributed by atoms with van der Waals surface area (Å²) < 4.78 is 4.90. The van der Waals surface area contributed by atoms with Gasteiger partial charge in [0.2, 0.25) is 5.89 Å². The summed E-state index contributed by atoms with van der Waals surface area (Å²) in [6, 6.07) is 0. The van der Waals surface area contributed by atoms with Gasteiger partial charge in [-0.1, -0.05) is 5.16 Å². The first-order valence-corrected chi connectivity index (χ1v) is 5.16. The number of nitrogens with zero attached hydrogens (tertiary/aromatic N) is 2. The standard InChI is InChI=1S/C6H9ClN2OS/c1-11-3-2-6-8-5(4-7)9-10-6/h2-4H2,1H3. The van der Waals surface area contributed by atoms with Crippen LogP contribution in [0, 0.1) is 0 Å². The number of aromatic nitrogens is 2. The van der Waals surface area contributed by atoms with E-state index in [1.807, 2.05) is 6.26 Å². The number of halogens is 1. The van der Waals surface area contributed by atoms with Gasteiger partial charge < -0.3 is 4.52 Å². The molecule has 5 heteroatoms. The maximum absolute atomic E-state index is 5.48. The van der Waals surface area contributed by atoms with Crippen LogP contribution in [0.1, 0.15) is 11.7 Å². The zero-order valence-electron chi connectivity index (χ0n) is 6.21. The Hall–Kier alpha value is -0.220. The molecule has 0 spiro atoms. The monoisotopic (exact) mass is 192 g/mol.